The molecular weight excluding hydrogens is 218 g/mol. The Bertz CT molecular complexity index is 415. The monoisotopic (exact) mass is 235 g/mol. The van der Waals surface area contributed by atoms with Gasteiger partial charge in [-0.05, 0) is 26.0 Å². The first kappa shape index (κ1) is 13.2. The third kappa shape index (κ3) is 3.90. The summed E-state index contributed by atoms with van der Waals surface area (Å²) in [7, 11) is 0. The van der Waals surface area contributed by atoms with E-state index in [2.05, 4.69) is 0 Å². The van der Waals surface area contributed by atoms with Gasteiger partial charge in [0.05, 0.1) is 0 Å². The highest BCUT2D eigenvalue weighted by molar-refractivity contribution is 5.95. The highest BCUT2D eigenvalue weighted by atomic mass is 16.3. The van der Waals surface area contributed by atoms with E-state index < -0.39 is 0 Å². The van der Waals surface area contributed by atoms with Crippen LogP contribution in [0.25, 0.3) is 0 Å². The van der Waals surface area contributed by atoms with Gasteiger partial charge in [-0.1, -0.05) is 6.07 Å². The van der Waals surface area contributed by atoms with Crippen LogP contribution in [0.4, 0.5) is 5.69 Å². The molecule has 4 heteroatoms. The summed E-state index contributed by atoms with van der Waals surface area (Å²) in [4.78, 5) is 24.3. The summed E-state index contributed by atoms with van der Waals surface area (Å²) in [6.07, 6.45) is 0.465. The molecule has 1 N–H and O–H groups in total. The van der Waals surface area contributed by atoms with Crippen LogP contribution in [0.2, 0.25) is 0 Å². The molecule has 0 atom stereocenters. The van der Waals surface area contributed by atoms with Gasteiger partial charge in [0.25, 0.3) is 0 Å². The molecule has 0 radical (unpaired) electrons. The number of anilines is 1. The highest BCUT2D eigenvalue weighted by Crippen LogP contribution is 2.20. The Morgan fingerprint density at radius 2 is 2.00 bits per heavy atom. The second-order valence-corrected chi connectivity index (χ2v) is 3.86. The Balaban J connectivity index is 2.77. The minimum absolute atomic E-state index is 0.00492. The molecule has 1 rings (SSSR count). The quantitative estimate of drug-likeness (QED) is 0.850. The third-order valence-electron chi connectivity index (χ3n) is 2.45. The van der Waals surface area contributed by atoms with Gasteiger partial charge in [0.2, 0.25) is 5.91 Å². The molecule has 0 heterocycles. The minimum atomic E-state index is -0.103. The Morgan fingerprint density at radius 3 is 2.53 bits per heavy atom. The average Bonchev–Trinajstić information content (AvgIpc) is 2.27. The fraction of sp³-hybridized carbons (Fsp3) is 0.385. The maximum Gasteiger partial charge on any atom is 0.227 e. The van der Waals surface area contributed by atoms with Crippen LogP contribution in [-0.2, 0) is 9.59 Å². The van der Waals surface area contributed by atoms with Crippen molar-refractivity contribution in [2.75, 3.05) is 11.4 Å². The van der Waals surface area contributed by atoms with Crippen molar-refractivity contribution < 1.29 is 14.7 Å². The fourth-order valence-corrected chi connectivity index (χ4v) is 1.58. The van der Waals surface area contributed by atoms with Crippen molar-refractivity contribution in [1.29, 1.82) is 0 Å². The lowest BCUT2D eigenvalue weighted by molar-refractivity contribution is -0.123. The van der Waals surface area contributed by atoms with Crippen LogP contribution >= 0.6 is 0 Å². The van der Waals surface area contributed by atoms with Crippen molar-refractivity contribution in [3.8, 4) is 5.75 Å². The van der Waals surface area contributed by atoms with Crippen molar-refractivity contribution in [3.63, 3.8) is 0 Å². The van der Waals surface area contributed by atoms with Crippen molar-refractivity contribution >= 4 is 17.4 Å². The summed E-state index contributed by atoms with van der Waals surface area (Å²) >= 11 is 0. The topological polar surface area (TPSA) is 57.6 Å². The van der Waals surface area contributed by atoms with Crippen molar-refractivity contribution in [3.05, 3.63) is 24.3 Å². The molecule has 1 aromatic rings. The molecule has 4 nitrogen and oxygen atoms in total. The van der Waals surface area contributed by atoms with E-state index in [9.17, 15) is 14.7 Å². The van der Waals surface area contributed by atoms with Gasteiger partial charge in [-0.15, -0.1) is 0 Å². The molecule has 0 aliphatic carbocycles. The zero-order chi connectivity index (χ0) is 12.8. The number of hydrogen-bond donors (Lipinski definition) is 1. The summed E-state index contributed by atoms with van der Waals surface area (Å²) in [6, 6.07) is 6.53. The van der Waals surface area contributed by atoms with E-state index in [0.29, 0.717) is 12.2 Å². The fourth-order valence-electron chi connectivity index (χ4n) is 1.58. The second-order valence-electron chi connectivity index (χ2n) is 3.86. The van der Waals surface area contributed by atoms with E-state index in [0.717, 1.165) is 0 Å². The van der Waals surface area contributed by atoms with Crippen LogP contribution in [-0.4, -0.2) is 23.3 Å². The van der Waals surface area contributed by atoms with Gasteiger partial charge in [-0.2, -0.15) is 0 Å². The van der Waals surface area contributed by atoms with Gasteiger partial charge in [-0.25, -0.2) is 0 Å². The van der Waals surface area contributed by atoms with Crippen LogP contribution in [0, 0.1) is 0 Å². The number of amides is 1. The lowest BCUT2D eigenvalue weighted by Crippen LogP contribution is -2.30. The number of carbonyl (C=O) groups excluding carboxylic acids is 2. The zero-order valence-corrected chi connectivity index (χ0v) is 10.1. The summed E-state index contributed by atoms with van der Waals surface area (Å²) in [5.41, 5.74) is 0.654. The Kier molecular flexibility index (Phi) is 4.69. The molecule has 0 unspecified atom stereocenters. The number of phenolic OH excluding ortho intramolecular Hbond substituents is 1. The molecule has 0 aliphatic rings. The van der Waals surface area contributed by atoms with Crippen LogP contribution in [0.15, 0.2) is 24.3 Å². The van der Waals surface area contributed by atoms with E-state index in [1.165, 1.54) is 13.0 Å². The maximum absolute atomic E-state index is 11.9. The third-order valence-corrected chi connectivity index (χ3v) is 2.45. The first-order chi connectivity index (χ1) is 8.04. The molecule has 0 bridgehead atoms. The zero-order valence-electron chi connectivity index (χ0n) is 10.1. The maximum atomic E-state index is 11.9. The summed E-state index contributed by atoms with van der Waals surface area (Å²) in [5.74, 6) is 0.0268. The van der Waals surface area contributed by atoms with Crippen molar-refractivity contribution in [2.24, 2.45) is 0 Å². The molecule has 0 aromatic heterocycles. The summed E-state index contributed by atoms with van der Waals surface area (Å²) in [5, 5.41) is 9.37. The Hall–Kier alpha value is -1.84. The SMILES string of the molecule is CCN(C(=O)CCC(C)=O)c1cccc(O)c1. The number of benzene rings is 1. The van der Waals surface area contributed by atoms with Gasteiger partial charge in [-0.3, -0.25) is 4.79 Å². The van der Waals surface area contributed by atoms with Gasteiger partial charge in [0, 0.05) is 31.1 Å². The van der Waals surface area contributed by atoms with E-state index in [4.69, 9.17) is 0 Å². The smallest absolute Gasteiger partial charge is 0.227 e. The molecule has 0 spiro atoms. The van der Waals surface area contributed by atoms with Crippen LogP contribution in [0.1, 0.15) is 26.7 Å². The predicted molar refractivity (Wildman–Crippen MR) is 66.0 cm³/mol. The first-order valence-electron chi connectivity index (χ1n) is 5.63. The predicted octanol–water partition coefficient (Wildman–Crippen LogP) is 2.11. The first-order valence-corrected chi connectivity index (χ1v) is 5.63. The lowest BCUT2D eigenvalue weighted by atomic mass is 10.2. The standard InChI is InChI=1S/C13H17NO3/c1-3-14(13(17)8-7-10(2)15)11-5-4-6-12(16)9-11/h4-6,9,16H,3,7-8H2,1-2H3. The van der Waals surface area contributed by atoms with Gasteiger partial charge in [0.15, 0.2) is 0 Å². The van der Waals surface area contributed by atoms with E-state index in [1.807, 2.05) is 6.92 Å². The molecule has 0 fully saturated rings. The second kappa shape index (κ2) is 6.03. The lowest BCUT2D eigenvalue weighted by Gasteiger charge is -2.21. The molecule has 1 amide bonds. The number of phenols is 1. The molecule has 0 aliphatic heterocycles. The van der Waals surface area contributed by atoms with Gasteiger partial charge < -0.3 is 14.8 Å². The minimum Gasteiger partial charge on any atom is -0.508 e. The van der Waals surface area contributed by atoms with E-state index in [1.54, 1.807) is 23.1 Å². The number of hydrogen-bond acceptors (Lipinski definition) is 3. The molecule has 1 aromatic carbocycles. The number of ketones is 1. The Morgan fingerprint density at radius 1 is 1.29 bits per heavy atom. The van der Waals surface area contributed by atoms with Crippen LogP contribution in [0.3, 0.4) is 0 Å². The average molecular weight is 235 g/mol. The van der Waals surface area contributed by atoms with Gasteiger partial charge >= 0.3 is 0 Å². The number of nitrogens with zero attached hydrogens (tertiary/aromatic N) is 1. The summed E-state index contributed by atoms with van der Waals surface area (Å²) < 4.78 is 0. The number of carbonyl (C=O) groups is 2. The van der Waals surface area contributed by atoms with Crippen LogP contribution < -0.4 is 4.90 Å². The largest absolute Gasteiger partial charge is 0.508 e. The van der Waals surface area contributed by atoms with Crippen molar-refractivity contribution in [2.45, 2.75) is 26.7 Å². The van der Waals surface area contributed by atoms with E-state index >= 15 is 0 Å². The van der Waals surface area contributed by atoms with Crippen LogP contribution in [0.5, 0.6) is 5.75 Å². The molecular formula is C13H17NO3. The molecule has 92 valence electrons. The van der Waals surface area contributed by atoms with Crippen molar-refractivity contribution in [1.82, 2.24) is 0 Å². The number of aromatic hydroxyl groups is 1. The molecule has 0 saturated carbocycles. The molecule has 17 heavy (non-hydrogen) atoms. The van der Waals surface area contributed by atoms with Gasteiger partial charge in [0.1, 0.15) is 11.5 Å². The highest BCUT2D eigenvalue weighted by Gasteiger charge is 2.14. The Labute approximate surface area is 101 Å². The van der Waals surface area contributed by atoms with E-state index in [-0.39, 0.29) is 30.3 Å². The number of rotatable bonds is 5. The normalized spacial score (nSPS) is 10.0. The summed E-state index contributed by atoms with van der Waals surface area (Å²) in [6.45, 7) is 3.84. The molecule has 0 saturated heterocycles. The number of Topliss-reactive ketones (excluding diaryl/α,β-unsaturated/α-hetero) is 1.